The number of thioether (sulfide) groups is 1. The van der Waals surface area contributed by atoms with Crippen molar-refractivity contribution in [3.05, 3.63) is 41.9 Å². The number of likely N-dealkylation sites (tertiary alicyclic amines) is 1. The summed E-state index contributed by atoms with van der Waals surface area (Å²) in [5.74, 6) is -3.38. The predicted octanol–water partition coefficient (Wildman–Crippen LogP) is 2.42. The summed E-state index contributed by atoms with van der Waals surface area (Å²) >= 11 is 7.84. The molecule has 3 saturated heterocycles. The fourth-order valence-corrected chi connectivity index (χ4v) is 8.27. The number of amides is 2. The lowest BCUT2D eigenvalue weighted by Crippen LogP contribution is -2.55. The molecule has 5 atom stereocenters. The maximum atomic E-state index is 14.0. The molecule has 2 amide bonds. The summed E-state index contributed by atoms with van der Waals surface area (Å²) in [4.78, 5) is 42.5. The number of aliphatic hydroxyl groups excluding tert-OH is 1. The van der Waals surface area contributed by atoms with E-state index in [1.165, 1.54) is 21.6 Å². The molecule has 3 aliphatic rings. The van der Waals surface area contributed by atoms with E-state index in [1.54, 1.807) is 30.3 Å². The zero-order chi connectivity index (χ0) is 22.6. The molecule has 2 unspecified atom stereocenters. The number of aliphatic carboxylic acids is 1. The van der Waals surface area contributed by atoms with Crippen LogP contribution in [0.5, 0.6) is 0 Å². The highest BCUT2D eigenvalue weighted by Crippen LogP contribution is 2.71. The highest BCUT2D eigenvalue weighted by atomic mass is 35.5. The number of hydrogen-bond donors (Lipinski definition) is 2. The molecule has 3 aliphatic heterocycles. The van der Waals surface area contributed by atoms with E-state index in [9.17, 15) is 24.6 Å². The number of carboxylic acid groups (broad SMARTS) is 1. The first-order chi connectivity index (χ1) is 14.7. The Morgan fingerprint density at radius 1 is 1.39 bits per heavy atom. The van der Waals surface area contributed by atoms with Crippen molar-refractivity contribution < 1.29 is 24.6 Å². The number of carbonyl (C=O) groups is 3. The van der Waals surface area contributed by atoms with E-state index in [4.69, 9.17) is 11.6 Å². The van der Waals surface area contributed by atoms with Crippen LogP contribution in [0.1, 0.15) is 19.8 Å². The Hall–Kier alpha value is -2.03. The molecule has 3 heterocycles. The topological polar surface area (TPSA) is 98.2 Å². The summed E-state index contributed by atoms with van der Waals surface area (Å²) in [5.41, 5.74) is 0.504. The Bertz CT molecular complexity index is 958. The van der Waals surface area contributed by atoms with Crippen molar-refractivity contribution in [3.8, 4) is 0 Å². The molecule has 31 heavy (non-hydrogen) atoms. The van der Waals surface area contributed by atoms with Crippen molar-refractivity contribution >= 4 is 46.8 Å². The Kier molecular flexibility index (Phi) is 5.60. The molecule has 2 bridgehead atoms. The van der Waals surface area contributed by atoms with Gasteiger partial charge in [0.25, 0.3) is 5.91 Å². The summed E-state index contributed by atoms with van der Waals surface area (Å²) in [6.45, 7) is 5.48. The summed E-state index contributed by atoms with van der Waals surface area (Å²) < 4.78 is -1.45. The van der Waals surface area contributed by atoms with Gasteiger partial charge in [-0.15, -0.1) is 18.3 Å². The molecular formula is C22H25ClN2O5S. The third kappa shape index (κ3) is 3.10. The summed E-state index contributed by atoms with van der Waals surface area (Å²) in [5, 5.41) is 20.0. The van der Waals surface area contributed by atoms with Crippen LogP contribution < -0.4 is 4.90 Å². The van der Waals surface area contributed by atoms with Gasteiger partial charge in [0, 0.05) is 17.8 Å². The number of β-amino-alcohol motifs (C(OH)–C–C–N with tert-alkyl or cyclic N) is 1. The number of aliphatic hydroxyl groups is 1. The van der Waals surface area contributed by atoms with Gasteiger partial charge in [0.15, 0.2) is 0 Å². The number of halogens is 1. The lowest BCUT2D eigenvalue weighted by atomic mass is 9.66. The van der Waals surface area contributed by atoms with Gasteiger partial charge < -0.3 is 20.0 Å². The van der Waals surface area contributed by atoms with Crippen LogP contribution in [0, 0.1) is 11.8 Å². The second-order valence-corrected chi connectivity index (χ2v) is 10.8. The molecule has 2 N–H and O–H groups in total. The van der Waals surface area contributed by atoms with Crippen molar-refractivity contribution in [2.75, 3.05) is 24.6 Å². The Labute approximate surface area is 190 Å². The molecule has 9 heteroatoms. The van der Waals surface area contributed by atoms with Crippen LogP contribution >= 0.6 is 23.4 Å². The van der Waals surface area contributed by atoms with Crippen molar-refractivity contribution in [1.29, 1.82) is 0 Å². The van der Waals surface area contributed by atoms with Gasteiger partial charge >= 0.3 is 5.97 Å². The van der Waals surface area contributed by atoms with E-state index >= 15 is 0 Å². The van der Waals surface area contributed by atoms with Gasteiger partial charge in [-0.05, 0) is 31.9 Å². The normalized spacial score (nSPS) is 33.5. The third-order valence-electron chi connectivity index (χ3n) is 6.84. The van der Waals surface area contributed by atoms with Crippen molar-refractivity contribution in [2.45, 2.75) is 35.3 Å². The first kappa shape index (κ1) is 22.2. The van der Waals surface area contributed by atoms with Crippen LogP contribution in [-0.4, -0.2) is 68.1 Å². The number of fused-ring (bicyclic) bond motifs is 1. The van der Waals surface area contributed by atoms with Crippen molar-refractivity contribution in [1.82, 2.24) is 4.90 Å². The number of carboxylic acids is 1. The average Bonchev–Trinajstić information content (AvgIpc) is 3.28. The Morgan fingerprint density at radius 3 is 2.71 bits per heavy atom. The van der Waals surface area contributed by atoms with Crippen LogP contribution in [0.3, 0.4) is 0 Å². The molecule has 166 valence electrons. The first-order valence-electron chi connectivity index (χ1n) is 10.2. The molecule has 1 spiro atoms. The van der Waals surface area contributed by atoms with Crippen molar-refractivity contribution in [3.63, 3.8) is 0 Å². The molecule has 1 aromatic rings. The molecule has 4 rings (SSSR count). The number of nitrogens with zero attached hydrogens (tertiary/aromatic N) is 2. The molecule has 0 aromatic heterocycles. The molecule has 7 nitrogen and oxygen atoms in total. The largest absolute Gasteiger partial charge is 0.481 e. The minimum atomic E-state index is -1.01. The maximum absolute atomic E-state index is 14.0. The summed E-state index contributed by atoms with van der Waals surface area (Å²) in [6.07, 6.45) is 2.77. The molecular weight excluding hydrogens is 440 g/mol. The number of hydrogen-bond acceptors (Lipinski definition) is 5. The van der Waals surface area contributed by atoms with Gasteiger partial charge in [-0.25, -0.2) is 0 Å². The van der Waals surface area contributed by atoms with Crippen LogP contribution in [0.2, 0.25) is 5.02 Å². The quantitative estimate of drug-likeness (QED) is 0.601. The van der Waals surface area contributed by atoms with E-state index in [-0.39, 0.29) is 31.5 Å². The van der Waals surface area contributed by atoms with E-state index in [2.05, 4.69) is 6.58 Å². The Balaban J connectivity index is 1.82. The van der Waals surface area contributed by atoms with Gasteiger partial charge in [0.2, 0.25) is 5.91 Å². The SMILES string of the molecule is C=CCN(C(=O)C1N(CCO)C(=O)[C@@H]2[C@@H](C(=O)O)[C@@]3(C)CCC12S3)c1ccccc1Cl. The average molecular weight is 465 g/mol. The van der Waals surface area contributed by atoms with Gasteiger partial charge in [0.1, 0.15) is 6.04 Å². The Morgan fingerprint density at radius 2 is 2.10 bits per heavy atom. The van der Waals surface area contributed by atoms with E-state index in [1.807, 2.05) is 6.92 Å². The second-order valence-electron chi connectivity index (χ2n) is 8.51. The first-order valence-corrected chi connectivity index (χ1v) is 11.4. The van der Waals surface area contributed by atoms with Crippen LogP contribution in [0.4, 0.5) is 5.69 Å². The standard InChI is InChI=1S/C22H25ClN2O5S/c1-3-10-24(14-7-5-4-6-13(14)23)19(28)17-22-9-8-21(2,31-22)16(20(29)30)15(22)18(27)25(17)11-12-26/h3-7,15-17,26H,1,8-12H2,2H3,(H,29,30)/t15-,16-,17?,21+,22?/m0/s1. The molecule has 0 radical (unpaired) electrons. The van der Waals surface area contributed by atoms with Crippen LogP contribution in [-0.2, 0) is 14.4 Å². The van der Waals surface area contributed by atoms with E-state index < -0.39 is 33.3 Å². The second kappa shape index (κ2) is 7.83. The summed E-state index contributed by atoms with van der Waals surface area (Å²) in [7, 11) is 0. The van der Waals surface area contributed by atoms with Gasteiger partial charge in [0.05, 0.1) is 33.9 Å². The molecule has 0 saturated carbocycles. The predicted molar refractivity (Wildman–Crippen MR) is 119 cm³/mol. The molecule has 1 aromatic carbocycles. The number of para-hydroxylation sites is 1. The molecule has 3 fully saturated rings. The lowest BCUT2D eigenvalue weighted by molar-refractivity contribution is -0.150. The third-order valence-corrected chi connectivity index (χ3v) is 9.14. The number of benzene rings is 1. The van der Waals surface area contributed by atoms with Crippen LogP contribution in [0.15, 0.2) is 36.9 Å². The molecule has 0 aliphatic carbocycles. The number of rotatable bonds is 7. The fraction of sp³-hybridized carbons (Fsp3) is 0.500. The van der Waals surface area contributed by atoms with E-state index in [0.29, 0.717) is 23.6 Å². The maximum Gasteiger partial charge on any atom is 0.308 e. The zero-order valence-corrected chi connectivity index (χ0v) is 18.7. The smallest absolute Gasteiger partial charge is 0.308 e. The monoisotopic (exact) mass is 464 g/mol. The van der Waals surface area contributed by atoms with Crippen LogP contribution in [0.25, 0.3) is 0 Å². The summed E-state index contributed by atoms with van der Waals surface area (Å²) in [6, 6.07) is 6.07. The fourth-order valence-electron chi connectivity index (χ4n) is 5.68. The van der Waals surface area contributed by atoms with Gasteiger partial charge in [-0.3, -0.25) is 14.4 Å². The number of anilines is 1. The van der Waals surface area contributed by atoms with Gasteiger partial charge in [-0.1, -0.05) is 29.8 Å². The zero-order valence-electron chi connectivity index (χ0n) is 17.2. The minimum absolute atomic E-state index is 0.0262. The van der Waals surface area contributed by atoms with E-state index in [0.717, 1.165) is 0 Å². The lowest BCUT2D eigenvalue weighted by Gasteiger charge is -2.37. The highest BCUT2D eigenvalue weighted by molar-refractivity contribution is 8.02. The van der Waals surface area contributed by atoms with Gasteiger partial charge in [-0.2, -0.15) is 0 Å². The number of carbonyl (C=O) groups excluding carboxylic acids is 2. The van der Waals surface area contributed by atoms with Crippen molar-refractivity contribution in [2.24, 2.45) is 11.8 Å². The minimum Gasteiger partial charge on any atom is -0.481 e. The highest BCUT2D eigenvalue weighted by Gasteiger charge is 2.77.